The van der Waals surface area contributed by atoms with E-state index in [0.29, 0.717) is 5.46 Å². The highest BCUT2D eigenvalue weighted by atomic mass is 79.9. The molecule has 2 N–H and O–H groups in total. The standard InChI is InChI=1S/C8H11BO3.C8H9BrO.CH4/c1-6-5-7(12-2)3-4-8(6)9(10)11;1-6-5-7(10-2)3-4-8(6)9;/h3-5,10-11H,1-2H3;3-5H,1-2H3;1H4. The van der Waals surface area contributed by atoms with E-state index in [1.807, 2.05) is 25.1 Å². The van der Waals surface area contributed by atoms with Crippen LogP contribution in [0.4, 0.5) is 0 Å². The summed E-state index contributed by atoms with van der Waals surface area (Å²) >= 11 is 3.40. The van der Waals surface area contributed by atoms with Gasteiger partial charge in [-0.05, 0) is 60.8 Å². The van der Waals surface area contributed by atoms with Gasteiger partial charge in [0.1, 0.15) is 11.5 Å². The van der Waals surface area contributed by atoms with Crippen LogP contribution < -0.4 is 14.9 Å². The average molecular weight is 383 g/mol. The molecule has 0 aliphatic carbocycles. The van der Waals surface area contributed by atoms with E-state index in [1.54, 1.807) is 39.3 Å². The zero-order valence-corrected chi connectivity index (χ0v) is 14.7. The zero-order chi connectivity index (χ0) is 16.7. The molecule has 2 aromatic carbocycles. The second-order valence-corrected chi connectivity index (χ2v) is 5.57. The van der Waals surface area contributed by atoms with Crippen LogP contribution in [0.2, 0.25) is 0 Å². The van der Waals surface area contributed by atoms with Crippen LogP contribution in [0, 0.1) is 13.8 Å². The maximum Gasteiger partial charge on any atom is 0.488 e. The summed E-state index contributed by atoms with van der Waals surface area (Å²) in [6.07, 6.45) is 0. The fourth-order valence-corrected chi connectivity index (χ4v) is 2.06. The predicted octanol–water partition coefficient (Wildman–Crippen LogP) is 3.09. The molecule has 0 amide bonds. The van der Waals surface area contributed by atoms with Gasteiger partial charge in [0.15, 0.2) is 0 Å². The van der Waals surface area contributed by atoms with Crippen molar-refractivity contribution < 1.29 is 19.5 Å². The van der Waals surface area contributed by atoms with Crippen LogP contribution in [0.3, 0.4) is 0 Å². The second kappa shape index (κ2) is 10.3. The molecule has 2 aromatic rings. The van der Waals surface area contributed by atoms with Crippen molar-refractivity contribution in [2.75, 3.05) is 14.2 Å². The number of ether oxygens (including phenoxy) is 2. The van der Waals surface area contributed by atoms with Crippen molar-refractivity contribution in [3.8, 4) is 11.5 Å². The molecule has 0 saturated heterocycles. The highest BCUT2D eigenvalue weighted by molar-refractivity contribution is 9.10. The van der Waals surface area contributed by atoms with Gasteiger partial charge in [-0.15, -0.1) is 0 Å². The largest absolute Gasteiger partial charge is 0.497 e. The quantitative estimate of drug-likeness (QED) is 0.801. The first-order chi connectivity index (χ1) is 10.4. The van der Waals surface area contributed by atoms with Gasteiger partial charge in [0.05, 0.1) is 14.2 Å². The Kier molecular flexibility index (Phi) is 9.64. The van der Waals surface area contributed by atoms with Crippen LogP contribution in [0.1, 0.15) is 18.6 Å². The summed E-state index contributed by atoms with van der Waals surface area (Å²) in [6, 6.07) is 11.0. The van der Waals surface area contributed by atoms with E-state index in [-0.39, 0.29) is 7.43 Å². The Morgan fingerprint density at radius 1 is 0.870 bits per heavy atom. The van der Waals surface area contributed by atoms with Gasteiger partial charge in [0, 0.05) is 4.47 Å². The fraction of sp³-hybridized carbons (Fsp3) is 0.294. The molecule has 0 saturated carbocycles. The lowest BCUT2D eigenvalue weighted by molar-refractivity contribution is 0.413. The normalized spacial score (nSPS) is 9.17. The van der Waals surface area contributed by atoms with E-state index in [4.69, 9.17) is 19.5 Å². The van der Waals surface area contributed by atoms with Crippen molar-refractivity contribution in [3.63, 3.8) is 0 Å². The minimum atomic E-state index is -1.41. The van der Waals surface area contributed by atoms with Gasteiger partial charge in [-0.25, -0.2) is 0 Å². The first-order valence-electron chi connectivity index (χ1n) is 6.69. The van der Waals surface area contributed by atoms with E-state index < -0.39 is 7.12 Å². The molecule has 0 aliphatic heterocycles. The van der Waals surface area contributed by atoms with E-state index in [0.717, 1.165) is 21.5 Å². The summed E-state index contributed by atoms with van der Waals surface area (Å²) in [6.45, 7) is 3.84. The highest BCUT2D eigenvalue weighted by Gasteiger charge is 2.13. The smallest absolute Gasteiger partial charge is 0.488 e. The van der Waals surface area contributed by atoms with Crippen molar-refractivity contribution >= 4 is 28.5 Å². The number of benzene rings is 2. The predicted molar refractivity (Wildman–Crippen MR) is 99.7 cm³/mol. The van der Waals surface area contributed by atoms with Crippen LogP contribution in [-0.2, 0) is 0 Å². The highest BCUT2D eigenvalue weighted by Crippen LogP contribution is 2.20. The minimum Gasteiger partial charge on any atom is -0.497 e. The Labute approximate surface area is 147 Å². The molecule has 0 heterocycles. The first-order valence-corrected chi connectivity index (χ1v) is 7.49. The molecule has 0 aromatic heterocycles. The van der Waals surface area contributed by atoms with Gasteiger partial charge >= 0.3 is 7.12 Å². The third-order valence-corrected chi connectivity index (χ3v) is 4.01. The molecular weight excluding hydrogens is 359 g/mol. The van der Waals surface area contributed by atoms with Gasteiger partial charge < -0.3 is 19.5 Å². The number of hydrogen-bond donors (Lipinski definition) is 2. The van der Waals surface area contributed by atoms with Crippen LogP contribution in [-0.4, -0.2) is 31.4 Å². The van der Waals surface area contributed by atoms with Crippen LogP contribution in [0.5, 0.6) is 11.5 Å². The third kappa shape index (κ3) is 6.65. The Hall–Kier alpha value is -1.50. The van der Waals surface area contributed by atoms with Crippen molar-refractivity contribution in [2.24, 2.45) is 0 Å². The van der Waals surface area contributed by atoms with Crippen LogP contribution >= 0.6 is 15.9 Å². The van der Waals surface area contributed by atoms with E-state index >= 15 is 0 Å². The fourth-order valence-electron chi connectivity index (χ4n) is 1.81. The van der Waals surface area contributed by atoms with Crippen molar-refractivity contribution in [1.82, 2.24) is 0 Å². The zero-order valence-electron chi connectivity index (χ0n) is 13.1. The van der Waals surface area contributed by atoms with Gasteiger partial charge in [-0.2, -0.15) is 0 Å². The Morgan fingerprint density at radius 2 is 1.35 bits per heavy atom. The SMILES string of the molecule is C.COc1ccc(B(O)O)c(C)c1.COc1ccc(Br)c(C)c1. The lowest BCUT2D eigenvalue weighted by Gasteiger charge is -2.06. The summed E-state index contributed by atoms with van der Waals surface area (Å²) in [5.74, 6) is 1.62. The molecule has 6 heteroatoms. The molecule has 0 bridgehead atoms. The molecule has 23 heavy (non-hydrogen) atoms. The molecule has 0 radical (unpaired) electrons. The van der Waals surface area contributed by atoms with Gasteiger partial charge in [-0.3, -0.25) is 0 Å². The monoisotopic (exact) mass is 382 g/mol. The first kappa shape index (κ1) is 21.5. The summed E-state index contributed by atoms with van der Waals surface area (Å²) in [7, 11) is 1.84. The van der Waals surface area contributed by atoms with E-state index in [1.165, 1.54) is 5.56 Å². The summed E-state index contributed by atoms with van der Waals surface area (Å²) < 4.78 is 11.1. The summed E-state index contributed by atoms with van der Waals surface area (Å²) in [5, 5.41) is 17.8. The number of rotatable bonds is 3. The molecule has 0 spiro atoms. The minimum absolute atomic E-state index is 0. The maximum atomic E-state index is 8.88. The summed E-state index contributed by atoms with van der Waals surface area (Å²) in [5.41, 5.74) is 2.51. The average Bonchev–Trinajstić information content (AvgIpc) is 2.50. The molecule has 2 rings (SSSR count). The van der Waals surface area contributed by atoms with Crippen molar-refractivity contribution in [1.29, 1.82) is 0 Å². The third-order valence-electron chi connectivity index (χ3n) is 3.12. The molecular formula is C17H24BBrO4. The Balaban J connectivity index is 0.000000409. The van der Waals surface area contributed by atoms with Gasteiger partial charge in [0.2, 0.25) is 0 Å². The summed E-state index contributed by atoms with van der Waals surface area (Å²) in [4.78, 5) is 0. The molecule has 0 aliphatic rings. The number of methoxy groups -OCH3 is 2. The Bertz CT molecular complexity index is 618. The Morgan fingerprint density at radius 3 is 1.74 bits per heavy atom. The van der Waals surface area contributed by atoms with Gasteiger partial charge in [0.25, 0.3) is 0 Å². The molecule has 126 valence electrons. The lowest BCUT2D eigenvalue weighted by Crippen LogP contribution is -2.31. The maximum absolute atomic E-state index is 8.88. The number of hydrogen-bond acceptors (Lipinski definition) is 4. The lowest BCUT2D eigenvalue weighted by atomic mass is 9.77. The van der Waals surface area contributed by atoms with Crippen molar-refractivity contribution in [2.45, 2.75) is 21.3 Å². The topological polar surface area (TPSA) is 58.9 Å². The number of halogens is 1. The van der Waals surface area contributed by atoms with Crippen LogP contribution in [0.15, 0.2) is 40.9 Å². The molecule has 0 fully saturated rings. The molecule has 4 nitrogen and oxygen atoms in total. The molecule has 0 atom stereocenters. The molecule has 0 unspecified atom stereocenters. The van der Waals surface area contributed by atoms with E-state index in [9.17, 15) is 0 Å². The van der Waals surface area contributed by atoms with Gasteiger partial charge in [-0.1, -0.05) is 29.4 Å². The second-order valence-electron chi connectivity index (χ2n) is 4.71. The van der Waals surface area contributed by atoms with E-state index in [2.05, 4.69) is 15.9 Å². The van der Waals surface area contributed by atoms with Crippen molar-refractivity contribution in [3.05, 3.63) is 52.0 Å². The van der Waals surface area contributed by atoms with Crippen LogP contribution in [0.25, 0.3) is 0 Å². The number of aryl methyl sites for hydroxylation is 2.